The zero-order chi connectivity index (χ0) is 18.0. The number of nitrogens with two attached hydrogens (primary N) is 1. The molecule has 2 aliphatic carbocycles. The lowest BCUT2D eigenvalue weighted by Crippen LogP contribution is -2.54. The van der Waals surface area contributed by atoms with Crippen LogP contribution in [0.2, 0.25) is 0 Å². The van der Waals surface area contributed by atoms with Gasteiger partial charge in [0.2, 0.25) is 10.5 Å². The van der Waals surface area contributed by atoms with E-state index in [9.17, 15) is 30.7 Å². The van der Waals surface area contributed by atoms with E-state index in [1.54, 1.807) is 13.8 Å². The molecular weight excluding hydrogens is 346 g/mol. The van der Waals surface area contributed by atoms with Gasteiger partial charge in [-0.25, -0.2) is 0 Å². The fraction of sp³-hybridized carbons (Fsp3) is 0.769. The van der Waals surface area contributed by atoms with Crippen LogP contribution in [0.3, 0.4) is 0 Å². The second-order valence-electron chi connectivity index (χ2n) is 7.04. The Morgan fingerprint density at radius 3 is 2.04 bits per heavy atom. The highest BCUT2D eigenvalue weighted by Crippen LogP contribution is 2.72. The van der Waals surface area contributed by atoms with Gasteiger partial charge in [0.05, 0.1) is 0 Å². The van der Waals surface area contributed by atoms with E-state index in [0.29, 0.717) is 12.8 Å². The second-order valence-corrected chi connectivity index (χ2v) is 10.3. The quantitative estimate of drug-likeness (QED) is 0.474. The van der Waals surface area contributed by atoms with E-state index in [-0.39, 0.29) is 17.9 Å². The van der Waals surface area contributed by atoms with E-state index in [1.807, 2.05) is 0 Å². The summed E-state index contributed by atoms with van der Waals surface area (Å²) in [5, 5.41) is 0. The number of rotatable bonds is 5. The summed E-state index contributed by atoms with van der Waals surface area (Å²) in [7, 11) is -10.3. The predicted octanol–water partition coefficient (Wildman–Crippen LogP) is 0.572. The van der Waals surface area contributed by atoms with Crippen LogP contribution in [-0.2, 0) is 25.0 Å². The number of carbonyl (C=O) groups is 1. The molecule has 0 heterocycles. The zero-order valence-corrected chi connectivity index (χ0v) is 14.5. The maximum atomic E-state index is 11.8. The monoisotopic (exact) mass is 367 g/mol. The fourth-order valence-electron chi connectivity index (χ4n) is 4.90. The highest BCUT2D eigenvalue weighted by atomic mass is 32.3. The molecule has 0 aliphatic heterocycles. The van der Waals surface area contributed by atoms with Crippen molar-refractivity contribution in [3.05, 3.63) is 12.2 Å². The van der Waals surface area contributed by atoms with Crippen LogP contribution in [0.15, 0.2) is 12.2 Å². The smallest absolute Gasteiger partial charge is 0.285 e. The van der Waals surface area contributed by atoms with Gasteiger partial charge in [0.25, 0.3) is 20.2 Å². The van der Waals surface area contributed by atoms with Crippen molar-refractivity contribution in [3.63, 3.8) is 0 Å². The Bertz CT molecular complexity index is 736. The molecule has 2 bridgehead atoms. The maximum Gasteiger partial charge on any atom is 0.285 e. The third-order valence-electron chi connectivity index (χ3n) is 5.97. The lowest BCUT2D eigenvalue weighted by atomic mass is 9.64. The molecule has 132 valence electrons. The van der Waals surface area contributed by atoms with E-state index >= 15 is 0 Å². The number of primary amides is 1. The minimum atomic E-state index is -5.14. The first kappa shape index (κ1) is 18.4. The standard InChI is InChI=1S/C13H21NO7S2/c1-7(10(14)15)9-6-8-4-5-13(9,12(8,2)3)11(22(16,17)18)23(19,20)21/h8-9,11H,1,4-6H2,2-3H3,(H2,14,15)(H,16,17,18)(H,19,20,21). The van der Waals surface area contributed by atoms with E-state index in [4.69, 9.17) is 5.73 Å². The zero-order valence-electron chi connectivity index (χ0n) is 12.9. The van der Waals surface area contributed by atoms with Crippen molar-refractivity contribution in [1.29, 1.82) is 0 Å². The lowest BCUT2D eigenvalue weighted by Gasteiger charge is -2.45. The molecule has 1 amide bonds. The molecule has 2 aliphatic rings. The molecule has 0 spiro atoms. The van der Waals surface area contributed by atoms with Crippen LogP contribution in [0.5, 0.6) is 0 Å². The molecule has 0 radical (unpaired) electrons. The third-order valence-corrected chi connectivity index (χ3v) is 9.35. The van der Waals surface area contributed by atoms with Gasteiger partial charge in [-0.05, 0) is 36.5 Å². The Morgan fingerprint density at radius 1 is 1.22 bits per heavy atom. The fourth-order valence-corrected chi connectivity index (χ4v) is 8.37. The summed E-state index contributed by atoms with van der Waals surface area (Å²) in [6.45, 7) is 6.95. The van der Waals surface area contributed by atoms with Gasteiger partial charge in [-0.1, -0.05) is 20.4 Å². The average Bonchev–Trinajstić information content (AvgIpc) is 2.68. The van der Waals surface area contributed by atoms with Crippen molar-refractivity contribution in [1.82, 2.24) is 0 Å². The van der Waals surface area contributed by atoms with Gasteiger partial charge in [-0.3, -0.25) is 13.9 Å². The largest absolute Gasteiger partial charge is 0.366 e. The minimum Gasteiger partial charge on any atom is -0.366 e. The molecule has 3 unspecified atom stereocenters. The summed E-state index contributed by atoms with van der Waals surface area (Å²) >= 11 is 0. The molecule has 10 heteroatoms. The van der Waals surface area contributed by atoms with E-state index < -0.39 is 47.5 Å². The molecule has 0 saturated heterocycles. The summed E-state index contributed by atoms with van der Waals surface area (Å²) in [5.74, 6) is -1.78. The molecule has 8 nitrogen and oxygen atoms in total. The van der Waals surface area contributed by atoms with Crippen molar-refractivity contribution in [3.8, 4) is 0 Å². The topological polar surface area (TPSA) is 152 Å². The Kier molecular flexibility index (Phi) is 4.00. The molecule has 2 saturated carbocycles. The van der Waals surface area contributed by atoms with E-state index in [1.165, 1.54) is 0 Å². The highest BCUT2D eigenvalue weighted by molar-refractivity contribution is 8.04. The van der Waals surface area contributed by atoms with Gasteiger partial charge in [0.15, 0.2) is 0 Å². The first-order valence-corrected chi connectivity index (χ1v) is 10.1. The third kappa shape index (κ3) is 2.43. The SMILES string of the molecule is C=C(C(N)=O)C1CC2CCC1(C(S(=O)(=O)O)S(=O)(=O)O)C2(C)C. The Morgan fingerprint density at radius 2 is 1.70 bits per heavy atom. The number of hydrogen-bond donors (Lipinski definition) is 3. The first-order valence-electron chi connectivity index (χ1n) is 7.08. The van der Waals surface area contributed by atoms with Gasteiger partial charge < -0.3 is 5.73 Å². The Labute approximate surface area is 135 Å². The second kappa shape index (κ2) is 5.01. The maximum absolute atomic E-state index is 11.8. The van der Waals surface area contributed by atoms with Gasteiger partial charge in [-0.2, -0.15) is 16.8 Å². The van der Waals surface area contributed by atoms with Gasteiger partial charge in [0.1, 0.15) is 0 Å². The molecule has 0 aromatic rings. The molecule has 2 fully saturated rings. The average molecular weight is 367 g/mol. The van der Waals surface area contributed by atoms with Crippen molar-refractivity contribution in [2.45, 2.75) is 37.7 Å². The summed E-state index contributed by atoms with van der Waals surface area (Å²) < 4.78 is 64.0. The first-order chi connectivity index (χ1) is 10.2. The van der Waals surface area contributed by atoms with Crippen molar-refractivity contribution >= 4 is 26.1 Å². The minimum absolute atomic E-state index is 0.0744. The van der Waals surface area contributed by atoms with E-state index in [0.717, 1.165) is 0 Å². The van der Waals surface area contributed by atoms with Crippen LogP contribution in [-0.4, -0.2) is 36.4 Å². The Balaban J connectivity index is 2.79. The van der Waals surface area contributed by atoms with Crippen LogP contribution < -0.4 is 5.73 Å². The highest BCUT2D eigenvalue weighted by Gasteiger charge is 2.72. The summed E-state index contributed by atoms with van der Waals surface area (Å²) in [6, 6.07) is 0. The van der Waals surface area contributed by atoms with Crippen LogP contribution in [0, 0.1) is 22.7 Å². The Hall–Kier alpha value is -0.970. The molecular formula is C13H21NO7S2. The van der Waals surface area contributed by atoms with Gasteiger partial charge in [0, 0.05) is 11.0 Å². The number of fused-ring (bicyclic) bond motifs is 2. The van der Waals surface area contributed by atoms with Crippen LogP contribution >= 0.6 is 0 Å². The molecule has 0 aromatic heterocycles. The van der Waals surface area contributed by atoms with Crippen LogP contribution in [0.1, 0.15) is 33.1 Å². The summed E-state index contributed by atoms with van der Waals surface area (Å²) in [6.07, 6.45) is 0.972. The van der Waals surface area contributed by atoms with Crippen LogP contribution in [0.4, 0.5) is 0 Å². The molecule has 2 rings (SSSR count). The van der Waals surface area contributed by atoms with E-state index in [2.05, 4.69) is 6.58 Å². The normalized spacial score (nSPS) is 33.1. The number of carbonyl (C=O) groups excluding carboxylic acids is 1. The summed E-state index contributed by atoms with van der Waals surface area (Å²) in [5.41, 5.74) is 2.75. The van der Waals surface area contributed by atoms with Crippen molar-refractivity contribution in [2.24, 2.45) is 28.4 Å². The van der Waals surface area contributed by atoms with Crippen LogP contribution in [0.25, 0.3) is 0 Å². The predicted molar refractivity (Wildman–Crippen MR) is 82.3 cm³/mol. The lowest BCUT2D eigenvalue weighted by molar-refractivity contribution is -0.115. The molecule has 4 N–H and O–H groups in total. The summed E-state index contributed by atoms with van der Waals surface area (Å²) in [4.78, 5) is 11.5. The van der Waals surface area contributed by atoms with Crippen molar-refractivity contribution in [2.75, 3.05) is 0 Å². The van der Waals surface area contributed by atoms with Crippen molar-refractivity contribution < 1.29 is 30.7 Å². The number of hydrogen-bond acceptors (Lipinski definition) is 5. The molecule has 23 heavy (non-hydrogen) atoms. The number of amides is 1. The molecule has 0 aromatic carbocycles. The molecule has 3 atom stereocenters. The van der Waals surface area contributed by atoms with Gasteiger partial charge in [-0.15, -0.1) is 0 Å². The van der Waals surface area contributed by atoms with Gasteiger partial charge >= 0.3 is 0 Å².